The highest BCUT2D eigenvalue weighted by atomic mass is 16.7. The summed E-state index contributed by atoms with van der Waals surface area (Å²) < 4.78 is 0. The van der Waals surface area contributed by atoms with Crippen LogP contribution in [-0.4, -0.2) is 36.4 Å². The van der Waals surface area contributed by atoms with E-state index in [1.54, 1.807) is 0 Å². The Balaban J connectivity index is 2.19. The highest BCUT2D eigenvalue weighted by Gasteiger charge is 2.26. The Kier molecular flexibility index (Phi) is 4.47. The predicted octanol–water partition coefficient (Wildman–Crippen LogP) is -1.89. The lowest BCUT2D eigenvalue weighted by Crippen LogP contribution is -2.31. The average molecular weight is 216 g/mol. The number of nitrogens with one attached hydrogen (secondary N) is 1. The first kappa shape index (κ1) is 11.9. The van der Waals surface area contributed by atoms with Crippen molar-refractivity contribution in [2.45, 2.75) is 12.8 Å². The lowest BCUT2D eigenvalue weighted by Gasteiger charge is -2.13. The highest BCUT2D eigenvalue weighted by Crippen LogP contribution is 2.15. The molecule has 1 atom stereocenters. The van der Waals surface area contributed by atoms with Gasteiger partial charge in [-0.1, -0.05) is 5.59 Å². The molecule has 7 nitrogen and oxygen atoms in total. The first-order valence-electron chi connectivity index (χ1n) is 4.80. The topological polar surface area (TPSA) is 111 Å². The number of carbonyl (C=O) groups is 2. The van der Waals surface area contributed by atoms with Crippen molar-refractivity contribution in [3.05, 3.63) is 0 Å². The summed E-state index contributed by atoms with van der Waals surface area (Å²) in [6, 6.07) is 0. The van der Waals surface area contributed by atoms with Crippen LogP contribution in [-0.2, 0) is 14.4 Å². The molecule has 1 saturated heterocycles. The van der Waals surface area contributed by atoms with Crippen LogP contribution >= 0.6 is 0 Å². The number of carbonyl (C=O) groups excluding carboxylic acids is 2. The van der Waals surface area contributed by atoms with Gasteiger partial charge < -0.3 is 15.5 Å². The molecule has 0 aromatic rings. The van der Waals surface area contributed by atoms with Gasteiger partial charge in [0.15, 0.2) is 0 Å². The fourth-order valence-corrected chi connectivity index (χ4v) is 1.63. The van der Waals surface area contributed by atoms with E-state index >= 15 is 0 Å². The maximum absolute atomic E-state index is 10.9. The van der Waals surface area contributed by atoms with Gasteiger partial charge in [-0.3, -0.25) is 9.59 Å². The van der Waals surface area contributed by atoms with Gasteiger partial charge in [0.25, 0.3) is 0 Å². The van der Waals surface area contributed by atoms with Crippen LogP contribution in [0.4, 0.5) is 0 Å². The van der Waals surface area contributed by atoms with Gasteiger partial charge in [0.2, 0.25) is 5.91 Å². The van der Waals surface area contributed by atoms with E-state index in [0.29, 0.717) is 13.1 Å². The lowest BCUT2D eigenvalue weighted by molar-refractivity contribution is -0.151. The van der Waals surface area contributed by atoms with Crippen molar-refractivity contribution in [1.82, 2.24) is 10.5 Å². The van der Waals surface area contributed by atoms with Crippen molar-refractivity contribution in [1.29, 1.82) is 0 Å². The molecule has 86 valence electrons. The summed E-state index contributed by atoms with van der Waals surface area (Å²) in [6.45, 7) is 1.97. The van der Waals surface area contributed by atoms with Crippen molar-refractivity contribution in [2.24, 2.45) is 17.5 Å². The second-order valence-corrected chi connectivity index (χ2v) is 3.53. The van der Waals surface area contributed by atoms with Gasteiger partial charge in [0.05, 0.1) is 12.3 Å². The summed E-state index contributed by atoms with van der Waals surface area (Å²) in [6.07, 6.45) is 1.01. The van der Waals surface area contributed by atoms with E-state index in [2.05, 4.69) is 4.84 Å². The Labute approximate surface area is 87.6 Å². The number of nitrogens with two attached hydrogens (primary N) is 2. The number of rotatable bonds is 5. The second-order valence-electron chi connectivity index (χ2n) is 3.53. The second kappa shape index (κ2) is 5.64. The number of likely N-dealkylation sites (tertiary alicyclic amines) is 1. The van der Waals surface area contributed by atoms with E-state index in [0.717, 1.165) is 13.0 Å². The van der Waals surface area contributed by atoms with Crippen molar-refractivity contribution >= 4 is 11.9 Å². The van der Waals surface area contributed by atoms with Crippen LogP contribution in [0.3, 0.4) is 0 Å². The molecule has 0 aromatic carbocycles. The molecule has 1 aliphatic heterocycles. The summed E-state index contributed by atoms with van der Waals surface area (Å²) in [5, 5.41) is 0. The van der Waals surface area contributed by atoms with E-state index in [4.69, 9.17) is 11.6 Å². The smallest absolute Gasteiger partial charge is 0.327 e. The molecule has 0 aliphatic carbocycles. The average Bonchev–Trinajstić information content (AvgIpc) is 2.63. The summed E-state index contributed by atoms with van der Waals surface area (Å²) >= 11 is 0. The minimum Gasteiger partial charge on any atom is -0.369 e. The molecule has 0 radical (unpaired) electrons. The maximum Gasteiger partial charge on any atom is 0.327 e. The van der Waals surface area contributed by atoms with E-state index < -0.39 is 5.97 Å². The zero-order chi connectivity index (χ0) is 11.3. The number of hydrazine groups is 1. The zero-order valence-corrected chi connectivity index (χ0v) is 8.44. The fourth-order valence-electron chi connectivity index (χ4n) is 1.63. The van der Waals surface area contributed by atoms with Crippen LogP contribution in [0.1, 0.15) is 12.8 Å². The van der Waals surface area contributed by atoms with Gasteiger partial charge >= 0.3 is 5.97 Å². The SMILES string of the molecule is NNOC(=O)CCN1CCC(C(N)=O)C1. The standard InChI is InChI=1S/C8H16N4O3/c9-8(14)6-1-3-12(5-6)4-2-7(13)15-11-10/h6,11H,1-5,10H2,(H2,9,14). The number of nitrogens with zero attached hydrogens (tertiary/aromatic N) is 1. The van der Waals surface area contributed by atoms with Crippen LogP contribution in [0.5, 0.6) is 0 Å². The Hall–Kier alpha value is -1.18. The fraction of sp³-hybridized carbons (Fsp3) is 0.750. The summed E-state index contributed by atoms with van der Waals surface area (Å²) in [4.78, 5) is 28.2. The van der Waals surface area contributed by atoms with Gasteiger partial charge in [-0.25, -0.2) is 5.84 Å². The van der Waals surface area contributed by atoms with E-state index in [1.807, 2.05) is 10.5 Å². The molecule has 7 heteroatoms. The first-order chi connectivity index (χ1) is 7.13. The molecule has 1 unspecified atom stereocenters. The third-order valence-electron chi connectivity index (χ3n) is 2.48. The lowest BCUT2D eigenvalue weighted by atomic mass is 10.1. The molecule has 0 saturated carbocycles. The minimum absolute atomic E-state index is 0.0892. The van der Waals surface area contributed by atoms with Crippen LogP contribution < -0.4 is 17.2 Å². The number of primary amides is 1. The summed E-state index contributed by atoms with van der Waals surface area (Å²) in [5.41, 5.74) is 7.01. The Morgan fingerprint density at radius 3 is 2.80 bits per heavy atom. The monoisotopic (exact) mass is 216 g/mol. The van der Waals surface area contributed by atoms with Crippen LogP contribution in [0.25, 0.3) is 0 Å². The molecular formula is C8H16N4O3. The molecule has 1 rings (SSSR count). The quantitative estimate of drug-likeness (QED) is 0.366. The Bertz CT molecular complexity index is 246. The van der Waals surface area contributed by atoms with Crippen LogP contribution in [0.15, 0.2) is 0 Å². The van der Waals surface area contributed by atoms with Crippen molar-refractivity contribution in [3.63, 3.8) is 0 Å². The Morgan fingerprint density at radius 2 is 2.27 bits per heavy atom. The van der Waals surface area contributed by atoms with Gasteiger partial charge in [0.1, 0.15) is 0 Å². The molecule has 1 aliphatic rings. The predicted molar refractivity (Wildman–Crippen MR) is 51.8 cm³/mol. The first-order valence-corrected chi connectivity index (χ1v) is 4.80. The molecule has 1 amide bonds. The third-order valence-corrected chi connectivity index (χ3v) is 2.48. The largest absolute Gasteiger partial charge is 0.369 e. The van der Waals surface area contributed by atoms with Gasteiger partial charge in [-0.2, -0.15) is 0 Å². The third kappa shape index (κ3) is 3.82. The molecule has 1 fully saturated rings. The molecule has 0 bridgehead atoms. The maximum atomic E-state index is 10.9. The van der Waals surface area contributed by atoms with Crippen LogP contribution in [0, 0.1) is 5.92 Å². The zero-order valence-electron chi connectivity index (χ0n) is 8.44. The van der Waals surface area contributed by atoms with Gasteiger partial charge in [-0.15, -0.1) is 0 Å². The van der Waals surface area contributed by atoms with E-state index in [1.165, 1.54) is 0 Å². The summed E-state index contributed by atoms with van der Waals surface area (Å²) in [5.74, 6) is 4.03. The molecule has 15 heavy (non-hydrogen) atoms. The minimum atomic E-state index is -0.417. The van der Waals surface area contributed by atoms with Gasteiger partial charge in [-0.05, 0) is 13.0 Å². The molecular weight excluding hydrogens is 200 g/mol. The number of hydrogen-bond donors (Lipinski definition) is 3. The van der Waals surface area contributed by atoms with E-state index in [-0.39, 0.29) is 18.2 Å². The molecule has 0 aromatic heterocycles. The Morgan fingerprint density at radius 1 is 1.53 bits per heavy atom. The molecule has 1 heterocycles. The number of amides is 1. The van der Waals surface area contributed by atoms with Gasteiger partial charge in [0, 0.05) is 13.1 Å². The van der Waals surface area contributed by atoms with E-state index in [9.17, 15) is 9.59 Å². The van der Waals surface area contributed by atoms with Crippen molar-refractivity contribution in [3.8, 4) is 0 Å². The molecule has 5 N–H and O–H groups in total. The van der Waals surface area contributed by atoms with Crippen LogP contribution in [0.2, 0.25) is 0 Å². The van der Waals surface area contributed by atoms with Crippen molar-refractivity contribution in [2.75, 3.05) is 19.6 Å². The molecule has 0 spiro atoms. The highest BCUT2D eigenvalue weighted by molar-refractivity contribution is 5.77. The normalized spacial score (nSPS) is 21.5. The van der Waals surface area contributed by atoms with Crippen molar-refractivity contribution < 1.29 is 14.4 Å². The summed E-state index contributed by atoms with van der Waals surface area (Å²) in [7, 11) is 0. The number of hydrogen-bond acceptors (Lipinski definition) is 6.